The molecule has 2 aromatic rings. The van der Waals surface area contributed by atoms with Gasteiger partial charge in [-0.15, -0.1) is 0 Å². The minimum absolute atomic E-state index is 0.0699. The van der Waals surface area contributed by atoms with Gasteiger partial charge < -0.3 is 10.6 Å². The maximum Gasteiger partial charge on any atom is 0.169 e. The minimum atomic E-state index is -0.871. The number of rotatable bonds is 4. The number of hydrogen-bond donors (Lipinski definition) is 2. The molecule has 1 heterocycles. The summed E-state index contributed by atoms with van der Waals surface area (Å²) in [6.45, 7) is 2.20. The molecule has 0 saturated heterocycles. The number of aromatic nitrogens is 1. The lowest BCUT2D eigenvalue weighted by Crippen LogP contribution is -2.06. The molecule has 0 atom stereocenters. The fraction of sp³-hybridized carbons (Fsp3) is 0.154. The Balaban J connectivity index is 2.35. The molecule has 0 spiro atoms. The van der Waals surface area contributed by atoms with E-state index >= 15 is 0 Å². The van der Waals surface area contributed by atoms with Crippen LogP contribution in [0.2, 0.25) is 5.02 Å². The van der Waals surface area contributed by atoms with Gasteiger partial charge in [-0.1, -0.05) is 11.6 Å². The number of nitrogens with zero attached hydrogens (tertiary/aromatic N) is 1. The van der Waals surface area contributed by atoms with Crippen molar-refractivity contribution in [2.45, 2.75) is 6.92 Å². The molecule has 0 bridgehead atoms. The van der Waals surface area contributed by atoms with Gasteiger partial charge in [-0.3, -0.25) is 0 Å². The molecule has 7 heteroatoms. The summed E-state index contributed by atoms with van der Waals surface area (Å²) in [5.41, 5.74) is 0.272. The van der Waals surface area contributed by atoms with Crippen molar-refractivity contribution in [1.29, 1.82) is 0 Å². The standard InChI is InChI=1S/C13H11ClF3N3/c1-2-18-12-9(16)6-10(17)13(20-12)19-11-4-3-7(15)5-8(11)14/h3-6H,2H2,1H3,(H2,18,19,20). The van der Waals surface area contributed by atoms with Crippen molar-refractivity contribution in [1.82, 2.24) is 4.98 Å². The van der Waals surface area contributed by atoms with E-state index in [0.29, 0.717) is 12.6 Å². The van der Waals surface area contributed by atoms with Crippen molar-refractivity contribution < 1.29 is 13.2 Å². The molecule has 0 fully saturated rings. The Labute approximate surface area is 118 Å². The molecular weight excluding hydrogens is 291 g/mol. The maximum atomic E-state index is 13.7. The summed E-state index contributed by atoms with van der Waals surface area (Å²) in [5, 5.41) is 5.34. The van der Waals surface area contributed by atoms with Crippen LogP contribution in [-0.4, -0.2) is 11.5 Å². The van der Waals surface area contributed by atoms with Gasteiger partial charge in [-0.2, -0.15) is 0 Å². The van der Waals surface area contributed by atoms with Crippen LogP contribution in [-0.2, 0) is 0 Å². The molecule has 2 rings (SSSR count). The highest BCUT2D eigenvalue weighted by atomic mass is 35.5. The molecule has 3 nitrogen and oxygen atoms in total. The van der Waals surface area contributed by atoms with Crippen molar-refractivity contribution in [3.05, 3.63) is 46.7 Å². The van der Waals surface area contributed by atoms with Gasteiger partial charge in [0.15, 0.2) is 23.3 Å². The second-order valence-electron chi connectivity index (χ2n) is 3.93. The molecule has 20 heavy (non-hydrogen) atoms. The van der Waals surface area contributed by atoms with Crippen LogP contribution in [0.4, 0.5) is 30.5 Å². The van der Waals surface area contributed by atoms with E-state index in [1.54, 1.807) is 6.92 Å². The van der Waals surface area contributed by atoms with Gasteiger partial charge in [-0.25, -0.2) is 18.2 Å². The summed E-state index contributed by atoms with van der Waals surface area (Å²) >= 11 is 5.82. The van der Waals surface area contributed by atoms with E-state index in [2.05, 4.69) is 15.6 Å². The second-order valence-corrected chi connectivity index (χ2v) is 4.34. The molecule has 0 aliphatic carbocycles. The second kappa shape index (κ2) is 6.00. The number of benzene rings is 1. The first-order valence-electron chi connectivity index (χ1n) is 5.83. The molecule has 1 aromatic carbocycles. The summed E-state index contributed by atoms with van der Waals surface area (Å²) in [6, 6.07) is 4.30. The largest absolute Gasteiger partial charge is 0.368 e. The molecule has 0 radical (unpaired) electrons. The van der Waals surface area contributed by atoms with Crippen LogP contribution >= 0.6 is 11.6 Å². The third-order valence-corrected chi connectivity index (χ3v) is 2.77. The van der Waals surface area contributed by atoms with E-state index in [1.165, 1.54) is 12.1 Å². The summed E-state index contributed by atoms with van der Waals surface area (Å²) in [4.78, 5) is 3.80. The van der Waals surface area contributed by atoms with E-state index < -0.39 is 17.5 Å². The van der Waals surface area contributed by atoms with Gasteiger partial charge in [0.2, 0.25) is 0 Å². The minimum Gasteiger partial charge on any atom is -0.368 e. The fourth-order valence-electron chi connectivity index (χ4n) is 1.56. The zero-order chi connectivity index (χ0) is 14.7. The lowest BCUT2D eigenvalue weighted by Gasteiger charge is -2.11. The summed E-state index contributed by atoms with van der Waals surface area (Å²) in [6.07, 6.45) is 0. The molecular formula is C13H11ClF3N3. The zero-order valence-corrected chi connectivity index (χ0v) is 11.2. The quantitative estimate of drug-likeness (QED) is 0.882. The molecule has 106 valence electrons. The van der Waals surface area contributed by atoms with Gasteiger partial charge >= 0.3 is 0 Å². The highest BCUT2D eigenvalue weighted by molar-refractivity contribution is 6.33. The van der Waals surface area contributed by atoms with E-state index in [1.807, 2.05) is 0 Å². The summed E-state index contributed by atoms with van der Waals surface area (Å²) in [5.74, 6) is -2.45. The first kappa shape index (κ1) is 14.5. The van der Waals surface area contributed by atoms with E-state index in [4.69, 9.17) is 11.6 Å². The SMILES string of the molecule is CCNc1nc(Nc2ccc(F)cc2Cl)c(F)cc1F. The van der Waals surface area contributed by atoms with Crippen LogP contribution in [0.15, 0.2) is 24.3 Å². The predicted molar refractivity (Wildman–Crippen MR) is 73.0 cm³/mol. The van der Waals surface area contributed by atoms with Crippen molar-refractivity contribution in [3.8, 4) is 0 Å². The van der Waals surface area contributed by atoms with Crippen LogP contribution in [0.1, 0.15) is 6.92 Å². The van der Waals surface area contributed by atoms with Crippen molar-refractivity contribution in [2.24, 2.45) is 0 Å². The Bertz CT molecular complexity index is 634. The average Bonchev–Trinajstić information content (AvgIpc) is 2.38. The fourth-order valence-corrected chi connectivity index (χ4v) is 1.78. The predicted octanol–water partition coefficient (Wildman–Crippen LogP) is 4.33. The highest BCUT2D eigenvalue weighted by Gasteiger charge is 2.13. The Hall–Kier alpha value is -1.95. The molecule has 0 amide bonds. The smallest absolute Gasteiger partial charge is 0.169 e. The number of pyridine rings is 1. The topological polar surface area (TPSA) is 37.0 Å². The molecule has 1 aromatic heterocycles. The van der Waals surface area contributed by atoms with Crippen molar-refractivity contribution >= 4 is 28.9 Å². The molecule has 0 aliphatic rings. The Kier molecular flexibility index (Phi) is 4.34. The first-order valence-corrected chi connectivity index (χ1v) is 6.21. The van der Waals surface area contributed by atoms with Crippen LogP contribution in [0, 0.1) is 17.5 Å². The monoisotopic (exact) mass is 301 g/mol. The normalized spacial score (nSPS) is 10.4. The van der Waals surface area contributed by atoms with E-state index in [-0.39, 0.29) is 22.3 Å². The highest BCUT2D eigenvalue weighted by Crippen LogP contribution is 2.28. The van der Waals surface area contributed by atoms with Gasteiger partial charge in [-0.05, 0) is 25.1 Å². The molecule has 0 saturated carbocycles. The molecule has 2 N–H and O–H groups in total. The van der Waals surface area contributed by atoms with Crippen molar-refractivity contribution in [2.75, 3.05) is 17.2 Å². The summed E-state index contributed by atoms with van der Waals surface area (Å²) in [7, 11) is 0. The summed E-state index contributed by atoms with van der Waals surface area (Å²) < 4.78 is 40.0. The number of halogens is 4. The lowest BCUT2D eigenvalue weighted by molar-refractivity contribution is 0.579. The number of hydrogen-bond acceptors (Lipinski definition) is 3. The maximum absolute atomic E-state index is 13.7. The van der Waals surface area contributed by atoms with E-state index in [0.717, 1.165) is 6.07 Å². The van der Waals surface area contributed by atoms with Crippen molar-refractivity contribution in [3.63, 3.8) is 0 Å². The number of nitrogens with one attached hydrogen (secondary N) is 2. The third kappa shape index (κ3) is 3.14. The van der Waals surface area contributed by atoms with Gasteiger partial charge in [0, 0.05) is 12.6 Å². The van der Waals surface area contributed by atoms with Crippen LogP contribution in [0.25, 0.3) is 0 Å². The molecule has 0 aliphatic heterocycles. The van der Waals surface area contributed by atoms with Gasteiger partial charge in [0.1, 0.15) is 5.82 Å². The lowest BCUT2D eigenvalue weighted by atomic mass is 10.3. The zero-order valence-electron chi connectivity index (χ0n) is 10.5. The average molecular weight is 302 g/mol. The van der Waals surface area contributed by atoms with Gasteiger partial charge in [0.25, 0.3) is 0 Å². The first-order chi connectivity index (χ1) is 9.51. The Morgan fingerprint density at radius 1 is 1.10 bits per heavy atom. The van der Waals surface area contributed by atoms with Crippen LogP contribution < -0.4 is 10.6 Å². The van der Waals surface area contributed by atoms with Crippen LogP contribution in [0.5, 0.6) is 0 Å². The Morgan fingerprint density at radius 3 is 2.45 bits per heavy atom. The Morgan fingerprint density at radius 2 is 1.80 bits per heavy atom. The number of anilines is 3. The molecule has 0 unspecified atom stereocenters. The van der Waals surface area contributed by atoms with Gasteiger partial charge in [0.05, 0.1) is 10.7 Å². The van der Waals surface area contributed by atoms with Crippen LogP contribution in [0.3, 0.4) is 0 Å². The van der Waals surface area contributed by atoms with E-state index in [9.17, 15) is 13.2 Å². The third-order valence-electron chi connectivity index (χ3n) is 2.46.